The summed E-state index contributed by atoms with van der Waals surface area (Å²) in [5.41, 5.74) is 2.29. The Balaban J connectivity index is 2.62. The molecule has 0 radical (unpaired) electrons. The molecule has 0 saturated heterocycles. The molecule has 1 aromatic rings. The summed E-state index contributed by atoms with van der Waals surface area (Å²) in [6.07, 6.45) is 0.590. The lowest BCUT2D eigenvalue weighted by molar-refractivity contribution is 0.0582. The Bertz CT molecular complexity index is 350. The predicted octanol–water partition coefficient (Wildman–Crippen LogP) is 2.64. The number of aliphatic hydroxyl groups is 1. The summed E-state index contributed by atoms with van der Waals surface area (Å²) < 4.78 is 5.18. The fraction of sp³-hybridized carbons (Fsp3) is 0.625. The van der Waals surface area contributed by atoms with Gasteiger partial charge in [-0.05, 0) is 31.0 Å². The second-order valence-electron chi connectivity index (χ2n) is 5.00. The minimum Gasteiger partial charge on any atom is -0.387 e. The topological polar surface area (TPSA) is 32.7 Å². The van der Waals surface area contributed by atoms with E-state index in [4.69, 9.17) is 4.74 Å². The van der Waals surface area contributed by atoms with E-state index < -0.39 is 6.10 Å². The molecule has 19 heavy (non-hydrogen) atoms. The van der Waals surface area contributed by atoms with E-state index in [0.717, 1.165) is 18.5 Å². The summed E-state index contributed by atoms with van der Waals surface area (Å²) in [5.74, 6) is 0. The van der Waals surface area contributed by atoms with Crippen molar-refractivity contribution in [3.8, 4) is 0 Å². The highest BCUT2D eigenvalue weighted by atomic mass is 16.5. The van der Waals surface area contributed by atoms with Crippen LogP contribution in [0.5, 0.6) is 0 Å². The third-order valence-electron chi connectivity index (χ3n) is 3.62. The second kappa shape index (κ2) is 8.31. The Morgan fingerprint density at radius 2 is 1.84 bits per heavy atom. The minimum absolute atomic E-state index is 0.319. The van der Waals surface area contributed by atoms with Crippen molar-refractivity contribution in [2.45, 2.75) is 39.3 Å². The standard InChI is InChI=1S/C16H27NO2/c1-5-14-7-9-15(10-8-14)16(18)11-17(6-2)13(3)12-19-4/h7-10,13,16,18H,5-6,11-12H2,1-4H3. The SMILES string of the molecule is CCc1ccc(C(O)CN(CC)C(C)COC)cc1. The van der Waals surface area contributed by atoms with Crippen molar-refractivity contribution in [2.24, 2.45) is 0 Å². The van der Waals surface area contributed by atoms with Gasteiger partial charge in [-0.15, -0.1) is 0 Å². The van der Waals surface area contributed by atoms with Crippen molar-refractivity contribution in [3.05, 3.63) is 35.4 Å². The van der Waals surface area contributed by atoms with E-state index in [1.54, 1.807) is 7.11 Å². The monoisotopic (exact) mass is 265 g/mol. The van der Waals surface area contributed by atoms with E-state index in [-0.39, 0.29) is 0 Å². The van der Waals surface area contributed by atoms with Gasteiger partial charge < -0.3 is 9.84 Å². The number of hydrogen-bond donors (Lipinski definition) is 1. The fourth-order valence-electron chi connectivity index (χ4n) is 2.27. The molecule has 2 unspecified atom stereocenters. The molecule has 2 atom stereocenters. The second-order valence-corrected chi connectivity index (χ2v) is 5.00. The largest absolute Gasteiger partial charge is 0.387 e. The van der Waals surface area contributed by atoms with Crippen molar-refractivity contribution in [1.82, 2.24) is 4.90 Å². The molecule has 0 spiro atoms. The molecule has 1 aromatic carbocycles. The van der Waals surface area contributed by atoms with Gasteiger partial charge in [0.1, 0.15) is 0 Å². The van der Waals surface area contributed by atoms with Crippen molar-refractivity contribution < 1.29 is 9.84 Å². The van der Waals surface area contributed by atoms with Gasteiger partial charge in [0.15, 0.2) is 0 Å². The number of nitrogens with zero attached hydrogens (tertiary/aromatic N) is 1. The van der Waals surface area contributed by atoms with Crippen LogP contribution >= 0.6 is 0 Å². The Hall–Kier alpha value is -0.900. The Morgan fingerprint density at radius 3 is 2.32 bits per heavy atom. The highest BCUT2D eigenvalue weighted by molar-refractivity contribution is 5.24. The van der Waals surface area contributed by atoms with Crippen LogP contribution in [0.1, 0.15) is 38.0 Å². The van der Waals surface area contributed by atoms with Crippen molar-refractivity contribution in [1.29, 1.82) is 0 Å². The van der Waals surface area contributed by atoms with Gasteiger partial charge in [-0.2, -0.15) is 0 Å². The molecule has 108 valence electrons. The predicted molar refractivity (Wildman–Crippen MR) is 79.4 cm³/mol. The summed E-state index contributed by atoms with van der Waals surface area (Å²) >= 11 is 0. The molecule has 1 N–H and O–H groups in total. The lowest BCUT2D eigenvalue weighted by Gasteiger charge is -2.29. The van der Waals surface area contributed by atoms with Crippen molar-refractivity contribution >= 4 is 0 Å². The number of hydrogen-bond acceptors (Lipinski definition) is 3. The molecule has 0 heterocycles. The first-order chi connectivity index (χ1) is 9.12. The van der Waals surface area contributed by atoms with Gasteiger partial charge >= 0.3 is 0 Å². The number of aryl methyl sites for hydroxylation is 1. The summed E-state index contributed by atoms with van der Waals surface area (Å²) in [6.45, 7) is 8.62. The molecule has 0 bridgehead atoms. The van der Waals surface area contributed by atoms with Crippen molar-refractivity contribution in [3.63, 3.8) is 0 Å². The number of ether oxygens (including phenoxy) is 1. The maximum Gasteiger partial charge on any atom is 0.0917 e. The molecule has 0 amide bonds. The molecule has 0 saturated carbocycles. The van der Waals surface area contributed by atoms with Crippen LogP contribution in [-0.2, 0) is 11.2 Å². The molecule has 3 nitrogen and oxygen atoms in total. The van der Waals surface area contributed by atoms with Gasteiger partial charge in [-0.1, -0.05) is 38.1 Å². The minimum atomic E-state index is -0.440. The average molecular weight is 265 g/mol. The van der Waals surface area contributed by atoms with Crippen LogP contribution < -0.4 is 0 Å². The number of benzene rings is 1. The lowest BCUT2D eigenvalue weighted by Crippen LogP contribution is -2.38. The Labute approximate surface area is 117 Å². The van der Waals surface area contributed by atoms with Gasteiger partial charge in [0, 0.05) is 19.7 Å². The van der Waals surface area contributed by atoms with E-state index in [1.165, 1.54) is 5.56 Å². The summed E-state index contributed by atoms with van der Waals surface area (Å²) in [6, 6.07) is 8.55. The molecule has 0 aliphatic rings. The highest BCUT2D eigenvalue weighted by Gasteiger charge is 2.17. The average Bonchev–Trinajstić information content (AvgIpc) is 2.44. The highest BCUT2D eigenvalue weighted by Crippen LogP contribution is 2.16. The van der Waals surface area contributed by atoms with Gasteiger partial charge in [-0.3, -0.25) is 4.90 Å². The number of likely N-dealkylation sites (N-methyl/N-ethyl adjacent to an activating group) is 1. The molecule has 0 fully saturated rings. The van der Waals surface area contributed by atoms with E-state index in [1.807, 2.05) is 12.1 Å². The normalized spacial score (nSPS) is 14.6. The van der Waals surface area contributed by atoms with Crippen molar-refractivity contribution in [2.75, 3.05) is 26.8 Å². The lowest BCUT2D eigenvalue weighted by atomic mass is 10.0. The molecule has 1 rings (SSSR count). The van der Waals surface area contributed by atoms with E-state index in [2.05, 4.69) is 37.8 Å². The first kappa shape index (κ1) is 16.2. The smallest absolute Gasteiger partial charge is 0.0917 e. The first-order valence-corrected chi connectivity index (χ1v) is 7.12. The zero-order chi connectivity index (χ0) is 14.3. The number of methoxy groups -OCH3 is 1. The first-order valence-electron chi connectivity index (χ1n) is 7.12. The van der Waals surface area contributed by atoms with Crippen LogP contribution in [-0.4, -0.2) is 42.9 Å². The molecular weight excluding hydrogens is 238 g/mol. The van der Waals surface area contributed by atoms with Crippen LogP contribution in [0.3, 0.4) is 0 Å². The van der Waals surface area contributed by atoms with Crippen LogP contribution in [0.2, 0.25) is 0 Å². The van der Waals surface area contributed by atoms with Crippen LogP contribution in [0, 0.1) is 0 Å². The van der Waals surface area contributed by atoms with Crippen LogP contribution in [0.25, 0.3) is 0 Å². The molecule has 3 heteroatoms. The van der Waals surface area contributed by atoms with Crippen LogP contribution in [0.4, 0.5) is 0 Å². The maximum atomic E-state index is 10.3. The third kappa shape index (κ3) is 4.94. The molecule has 0 aliphatic heterocycles. The summed E-state index contributed by atoms with van der Waals surface area (Å²) in [4.78, 5) is 2.24. The fourth-order valence-corrected chi connectivity index (χ4v) is 2.27. The Morgan fingerprint density at radius 1 is 1.21 bits per heavy atom. The van der Waals surface area contributed by atoms with Crippen LogP contribution in [0.15, 0.2) is 24.3 Å². The zero-order valence-electron chi connectivity index (χ0n) is 12.6. The van der Waals surface area contributed by atoms with E-state index >= 15 is 0 Å². The zero-order valence-corrected chi connectivity index (χ0v) is 12.6. The van der Waals surface area contributed by atoms with Gasteiger partial charge in [0.05, 0.1) is 12.7 Å². The number of aliphatic hydroxyl groups excluding tert-OH is 1. The number of rotatable bonds is 8. The quantitative estimate of drug-likeness (QED) is 0.784. The Kier molecular flexibility index (Phi) is 7.06. The molecule has 0 aromatic heterocycles. The van der Waals surface area contributed by atoms with Gasteiger partial charge in [0.25, 0.3) is 0 Å². The summed E-state index contributed by atoms with van der Waals surface area (Å²) in [7, 11) is 1.71. The molecular formula is C16H27NO2. The van der Waals surface area contributed by atoms with E-state index in [0.29, 0.717) is 19.2 Å². The van der Waals surface area contributed by atoms with Gasteiger partial charge in [0.2, 0.25) is 0 Å². The third-order valence-corrected chi connectivity index (χ3v) is 3.62. The summed E-state index contributed by atoms with van der Waals surface area (Å²) in [5, 5.41) is 10.3. The van der Waals surface area contributed by atoms with E-state index in [9.17, 15) is 5.11 Å². The maximum absolute atomic E-state index is 10.3. The van der Waals surface area contributed by atoms with Gasteiger partial charge in [-0.25, -0.2) is 0 Å². The molecule has 0 aliphatic carbocycles.